The van der Waals surface area contributed by atoms with Gasteiger partial charge in [0.15, 0.2) is 5.96 Å². The van der Waals surface area contributed by atoms with Crippen molar-refractivity contribution in [3.8, 4) is 0 Å². The van der Waals surface area contributed by atoms with Gasteiger partial charge < -0.3 is 10.6 Å². The van der Waals surface area contributed by atoms with E-state index in [9.17, 15) is 8.42 Å². The van der Waals surface area contributed by atoms with E-state index < -0.39 is 10.0 Å². The summed E-state index contributed by atoms with van der Waals surface area (Å²) in [5.74, 6) is 1.07. The summed E-state index contributed by atoms with van der Waals surface area (Å²) in [5.41, 5.74) is 1.28. The molecule has 0 aliphatic heterocycles. The molecule has 1 unspecified atom stereocenters. The first-order valence-electron chi connectivity index (χ1n) is 8.46. The Labute approximate surface area is 150 Å². The lowest BCUT2D eigenvalue weighted by atomic mass is 10.1. The summed E-state index contributed by atoms with van der Waals surface area (Å²) >= 11 is 1.68. The molecule has 2 N–H and O–H groups in total. The third kappa shape index (κ3) is 6.78. The van der Waals surface area contributed by atoms with E-state index in [1.165, 1.54) is 9.87 Å². The van der Waals surface area contributed by atoms with Crippen molar-refractivity contribution in [3.05, 3.63) is 22.4 Å². The minimum atomic E-state index is -3.21. The number of sulfonamides is 1. The van der Waals surface area contributed by atoms with E-state index in [4.69, 9.17) is 0 Å². The first-order chi connectivity index (χ1) is 11.4. The smallest absolute Gasteiger partial charge is 0.215 e. The third-order valence-corrected chi connectivity index (χ3v) is 6.46. The molecule has 0 bridgehead atoms. The Morgan fingerprint density at radius 1 is 1.29 bits per heavy atom. The number of nitrogens with one attached hydrogen (secondary N) is 2. The Balaban J connectivity index is 2.55. The standard InChI is InChI=1S/C16H30N4O2S2/c1-5-17-16(19-12-14(4)15-8-10-23-13-15)18-9-11-24(21,22)20(6-2)7-3/h8,10,13-14H,5-7,9,11-12H2,1-4H3,(H2,17,18,19). The van der Waals surface area contributed by atoms with Gasteiger partial charge in [-0.3, -0.25) is 4.99 Å². The fourth-order valence-electron chi connectivity index (χ4n) is 2.28. The summed E-state index contributed by atoms with van der Waals surface area (Å²) < 4.78 is 25.8. The van der Waals surface area contributed by atoms with Crippen LogP contribution in [0.15, 0.2) is 21.8 Å². The van der Waals surface area contributed by atoms with Crippen LogP contribution in [0.3, 0.4) is 0 Å². The topological polar surface area (TPSA) is 73.8 Å². The van der Waals surface area contributed by atoms with Gasteiger partial charge in [-0.25, -0.2) is 12.7 Å². The Morgan fingerprint density at radius 3 is 2.54 bits per heavy atom. The molecule has 0 saturated heterocycles. The number of hydrogen-bond donors (Lipinski definition) is 2. The van der Waals surface area contributed by atoms with E-state index in [0.717, 1.165) is 6.54 Å². The highest BCUT2D eigenvalue weighted by Crippen LogP contribution is 2.18. The second kappa shape index (κ2) is 10.7. The summed E-state index contributed by atoms with van der Waals surface area (Å²) in [7, 11) is -3.21. The highest BCUT2D eigenvalue weighted by atomic mass is 32.2. The molecule has 1 rings (SSSR count). The molecule has 0 amide bonds. The van der Waals surface area contributed by atoms with Crippen molar-refractivity contribution in [1.29, 1.82) is 0 Å². The van der Waals surface area contributed by atoms with Crippen LogP contribution >= 0.6 is 11.3 Å². The van der Waals surface area contributed by atoms with Crippen molar-refractivity contribution < 1.29 is 8.42 Å². The lowest BCUT2D eigenvalue weighted by Gasteiger charge is -2.19. The zero-order chi connectivity index (χ0) is 18.0. The predicted molar refractivity (Wildman–Crippen MR) is 103 cm³/mol. The zero-order valence-electron chi connectivity index (χ0n) is 15.1. The van der Waals surface area contributed by atoms with Crippen LogP contribution in [0.4, 0.5) is 0 Å². The molecule has 1 atom stereocenters. The fraction of sp³-hybridized carbons (Fsp3) is 0.688. The van der Waals surface area contributed by atoms with Crippen molar-refractivity contribution in [3.63, 3.8) is 0 Å². The van der Waals surface area contributed by atoms with Crippen LogP contribution in [0.1, 0.15) is 39.2 Å². The molecule has 24 heavy (non-hydrogen) atoms. The van der Waals surface area contributed by atoms with Gasteiger partial charge in [-0.1, -0.05) is 20.8 Å². The van der Waals surface area contributed by atoms with Gasteiger partial charge in [0.1, 0.15) is 0 Å². The van der Waals surface area contributed by atoms with Crippen molar-refractivity contribution in [2.45, 2.75) is 33.6 Å². The lowest BCUT2D eigenvalue weighted by molar-refractivity contribution is 0.445. The molecule has 0 aliphatic rings. The van der Waals surface area contributed by atoms with Crippen molar-refractivity contribution >= 4 is 27.3 Å². The molecule has 138 valence electrons. The highest BCUT2D eigenvalue weighted by Gasteiger charge is 2.18. The van der Waals surface area contributed by atoms with Gasteiger partial charge in [0.05, 0.1) is 5.75 Å². The molecule has 1 aromatic rings. The summed E-state index contributed by atoms with van der Waals surface area (Å²) in [6.45, 7) is 10.6. The first kappa shape index (κ1) is 20.9. The average Bonchev–Trinajstić information content (AvgIpc) is 3.07. The largest absolute Gasteiger partial charge is 0.357 e. The maximum Gasteiger partial charge on any atom is 0.215 e. The van der Waals surface area contributed by atoms with Crippen molar-refractivity contribution in [2.24, 2.45) is 4.99 Å². The molecule has 1 heterocycles. The molecule has 0 aliphatic carbocycles. The van der Waals surface area contributed by atoms with E-state index in [1.807, 2.05) is 20.8 Å². The summed E-state index contributed by atoms with van der Waals surface area (Å²) in [6.07, 6.45) is 0. The van der Waals surface area contributed by atoms with Crippen LogP contribution in [0, 0.1) is 0 Å². The molecule has 0 aromatic carbocycles. The van der Waals surface area contributed by atoms with Crippen molar-refractivity contribution in [2.75, 3.05) is 38.5 Å². The summed E-state index contributed by atoms with van der Waals surface area (Å²) in [6, 6.07) is 2.11. The van der Waals surface area contributed by atoms with Gasteiger partial charge in [0.25, 0.3) is 0 Å². The minimum Gasteiger partial charge on any atom is -0.357 e. The van der Waals surface area contributed by atoms with E-state index >= 15 is 0 Å². The quantitative estimate of drug-likeness (QED) is 0.486. The number of rotatable bonds is 10. The Bertz CT molecular complexity index is 581. The van der Waals surface area contributed by atoms with Crippen LogP contribution in [0.5, 0.6) is 0 Å². The van der Waals surface area contributed by atoms with Crippen LogP contribution < -0.4 is 10.6 Å². The molecule has 8 heteroatoms. The van der Waals surface area contributed by atoms with E-state index in [2.05, 4.69) is 39.4 Å². The monoisotopic (exact) mass is 374 g/mol. The minimum absolute atomic E-state index is 0.0686. The maximum absolute atomic E-state index is 12.2. The second-order valence-corrected chi connectivity index (χ2v) is 8.37. The number of hydrogen-bond acceptors (Lipinski definition) is 4. The van der Waals surface area contributed by atoms with Gasteiger partial charge in [0.2, 0.25) is 10.0 Å². The number of nitrogens with zero attached hydrogens (tertiary/aromatic N) is 2. The van der Waals surface area contributed by atoms with Gasteiger partial charge in [-0.05, 0) is 29.3 Å². The van der Waals surface area contributed by atoms with E-state index in [0.29, 0.717) is 38.1 Å². The maximum atomic E-state index is 12.2. The van der Waals surface area contributed by atoms with Crippen molar-refractivity contribution in [1.82, 2.24) is 14.9 Å². The van der Waals surface area contributed by atoms with Gasteiger partial charge in [-0.15, -0.1) is 0 Å². The molecule has 0 saturated carbocycles. The Morgan fingerprint density at radius 2 is 2.00 bits per heavy atom. The molecular weight excluding hydrogens is 344 g/mol. The van der Waals surface area contributed by atoms with Crippen LogP contribution in [0.2, 0.25) is 0 Å². The summed E-state index contributed by atoms with van der Waals surface area (Å²) in [5, 5.41) is 10.5. The SMILES string of the molecule is CCNC(=NCC(C)c1ccsc1)NCCS(=O)(=O)N(CC)CC. The third-order valence-electron chi connectivity index (χ3n) is 3.73. The Hall–Kier alpha value is -1.12. The molecule has 1 aromatic heterocycles. The molecular formula is C16H30N4O2S2. The van der Waals surface area contributed by atoms with E-state index in [1.54, 1.807) is 11.3 Å². The van der Waals surface area contributed by atoms with E-state index in [-0.39, 0.29) is 5.75 Å². The molecule has 0 spiro atoms. The predicted octanol–water partition coefficient (Wildman–Crippen LogP) is 2.08. The van der Waals surface area contributed by atoms with Gasteiger partial charge in [0, 0.05) is 38.6 Å². The van der Waals surface area contributed by atoms with Crippen LogP contribution in [-0.4, -0.2) is 57.2 Å². The Kier molecular flexibility index (Phi) is 9.31. The van der Waals surface area contributed by atoms with Crippen LogP contribution in [-0.2, 0) is 10.0 Å². The second-order valence-electron chi connectivity index (χ2n) is 5.50. The lowest BCUT2D eigenvalue weighted by Crippen LogP contribution is -2.42. The number of guanidine groups is 1. The number of aliphatic imine (C=N–C) groups is 1. The molecule has 6 nitrogen and oxygen atoms in total. The average molecular weight is 375 g/mol. The van der Waals surface area contributed by atoms with Gasteiger partial charge in [-0.2, -0.15) is 11.3 Å². The van der Waals surface area contributed by atoms with Gasteiger partial charge >= 0.3 is 0 Å². The fourth-order valence-corrected chi connectivity index (χ4v) is 4.46. The first-order valence-corrected chi connectivity index (χ1v) is 11.0. The highest BCUT2D eigenvalue weighted by molar-refractivity contribution is 7.89. The number of thiophene rings is 1. The molecule has 0 fully saturated rings. The summed E-state index contributed by atoms with van der Waals surface area (Å²) in [4.78, 5) is 4.56. The molecule has 0 radical (unpaired) electrons. The zero-order valence-corrected chi connectivity index (χ0v) is 16.7. The normalized spacial score (nSPS) is 14.0. The van der Waals surface area contributed by atoms with Crippen LogP contribution in [0.25, 0.3) is 0 Å².